The van der Waals surface area contributed by atoms with Crippen molar-refractivity contribution in [1.29, 1.82) is 0 Å². The summed E-state index contributed by atoms with van der Waals surface area (Å²) in [6.07, 6.45) is 8.86. The Hall–Kier alpha value is -2.12. The van der Waals surface area contributed by atoms with Crippen LogP contribution in [0.1, 0.15) is 46.6 Å². The molecule has 3 aromatic rings. The van der Waals surface area contributed by atoms with E-state index in [0.29, 0.717) is 11.8 Å². The normalized spacial score (nSPS) is 36.4. The molecule has 6 rings (SSSR count). The summed E-state index contributed by atoms with van der Waals surface area (Å²) in [7, 11) is -1.53. The summed E-state index contributed by atoms with van der Waals surface area (Å²) in [5.41, 5.74) is 4.88. The van der Waals surface area contributed by atoms with Gasteiger partial charge in [0, 0.05) is 0 Å². The molecule has 8 unspecified atom stereocenters. The van der Waals surface area contributed by atoms with Crippen molar-refractivity contribution >= 4 is 35.2 Å². The van der Waals surface area contributed by atoms with Gasteiger partial charge < -0.3 is 0 Å². The monoisotopic (exact) mass is 492 g/mol. The molecule has 0 heterocycles. The molecule has 2 fully saturated rings. The topological polar surface area (TPSA) is 0 Å². The van der Waals surface area contributed by atoms with Crippen LogP contribution in [0.3, 0.4) is 0 Å². The lowest BCUT2D eigenvalue weighted by Gasteiger charge is -2.45. The fraction of sp³-hybridized carbons (Fsp3) is 0.486. The first kappa shape index (κ1) is 24.2. The maximum absolute atomic E-state index is 2.78. The molecule has 0 nitrogen and oxygen atoms in total. The Bertz CT molecular complexity index is 1290. The summed E-state index contributed by atoms with van der Waals surface area (Å²) in [6.45, 7) is 18.4. The molecular formula is C35H44Si. The average Bonchev–Trinajstić information content (AvgIpc) is 3.31. The van der Waals surface area contributed by atoms with Crippen LogP contribution in [0.2, 0.25) is 24.2 Å². The van der Waals surface area contributed by atoms with Crippen molar-refractivity contribution in [2.24, 2.45) is 41.4 Å². The highest BCUT2D eigenvalue weighted by molar-refractivity contribution is 6.80. The highest BCUT2D eigenvalue weighted by atomic mass is 28.3. The van der Waals surface area contributed by atoms with Gasteiger partial charge in [-0.1, -0.05) is 114 Å². The first-order chi connectivity index (χ1) is 17.2. The van der Waals surface area contributed by atoms with Gasteiger partial charge in [0.25, 0.3) is 0 Å². The summed E-state index contributed by atoms with van der Waals surface area (Å²) in [5.74, 6) is 5.52. The Balaban J connectivity index is 1.45. The van der Waals surface area contributed by atoms with Crippen molar-refractivity contribution in [1.82, 2.24) is 0 Å². The second kappa shape index (κ2) is 8.73. The average molecular weight is 493 g/mol. The van der Waals surface area contributed by atoms with E-state index in [1.54, 1.807) is 5.57 Å². The molecule has 0 spiro atoms. The van der Waals surface area contributed by atoms with E-state index < -0.39 is 8.07 Å². The van der Waals surface area contributed by atoms with E-state index in [1.807, 2.05) is 0 Å². The predicted octanol–water partition coefficient (Wildman–Crippen LogP) is 10.2. The van der Waals surface area contributed by atoms with E-state index in [2.05, 4.69) is 121 Å². The summed E-state index contributed by atoms with van der Waals surface area (Å²) in [6, 6.07) is 20.5. The van der Waals surface area contributed by atoms with Crippen LogP contribution in [0.25, 0.3) is 27.1 Å². The van der Waals surface area contributed by atoms with Crippen LogP contribution in [0.4, 0.5) is 0 Å². The largest absolute Gasteiger partial charge is 0.0808 e. The van der Waals surface area contributed by atoms with Gasteiger partial charge in [-0.2, -0.15) is 0 Å². The van der Waals surface area contributed by atoms with Crippen LogP contribution in [0, 0.1) is 41.4 Å². The van der Waals surface area contributed by atoms with E-state index >= 15 is 0 Å². The highest BCUT2D eigenvalue weighted by Crippen LogP contribution is 2.64. The van der Waals surface area contributed by atoms with Crippen molar-refractivity contribution in [3.63, 3.8) is 0 Å². The second-order valence-corrected chi connectivity index (χ2v) is 18.4. The van der Waals surface area contributed by atoms with Crippen molar-refractivity contribution in [2.75, 3.05) is 0 Å². The molecule has 3 aliphatic rings. The predicted molar refractivity (Wildman–Crippen MR) is 161 cm³/mol. The minimum absolute atomic E-state index is 0.637. The number of benzene rings is 3. The van der Waals surface area contributed by atoms with Gasteiger partial charge in [0.15, 0.2) is 0 Å². The van der Waals surface area contributed by atoms with Crippen LogP contribution < -0.4 is 0 Å². The molecule has 3 aromatic carbocycles. The van der Waals surface area contributed by atoms with Crippen LogP contribution in [-0.2, 0) is 0 Å². The van der Waals surface area contributed by atoms with E-state index in [0.717, 1.165) is 40.7 Å². The van der Waals surface area contributed by atoms with Gasteiger partial charge in [0.05, 0.1) is 8.07 Å². The Morgan fingerprint density at radius 1 is 0.694 bits per heavy atom. The molecule has 8 atom stereocenters. The lowest BCUT2D eigenvalue weighted by atomic mass is 9.78. The smallest absolute Gasteiger partial charge is 0.0550 e. The Morgan fingerprint density at radius 2 is 1.25 bits per heavy atom. The van der Waals surface area contributed by atoms with Crippen LogP contribution >= 0.6 is 0 Å². The van der Waals surface area contributed by atoms with Gasteiger partial charge in [-0.15, -0.1) is 0 Å². The third-order valence-corrected chi connectivity index (χ3v) is 17.0. The molecule has 0 bridgehead atoms. The maximum atomic E-state index is 2.78. The van der Waals surface area contributed by atoms with Crippen molar-refractivity contribution in [2.45, 2.75) is 65.2 Å². The fourth-order valence-corrected chi connectivity index (χ4v) is 16.5. The molecule has 0 radical (unpaired) electrons. The molecule has 3 aliphatic carbocycles. The first-order valence-electron chi connectivity index (χ1n) is 14.5. The van der Waals surface area contributed by atoms with Gasteiger partial charge in [-0.3, -0.25) is 0 Å². The summed E-state index contributed by atoms with van der Waals surface area (Å²) in [4.78, 5) is 0. The number of rotatable bonds is 3. The number of hydrogen-bond acceptors (Lipinski definition) is 0. The molecule has 0 amide bonds. The number of allylic oxidation sites excluding steroid dienone is 4. The van der Waals surface area contributed by atoms with Gasteiger partial charge in [0.1, 0.15) is 0 Å². The first-order valence-corrected chi connectivity index (χ1v) is 17.7. The van der Waals surface area contributed by atoms with Crippen molar-refractivity contribution in [3.8, 4) is 0 Å². The third kappa shape index (κ3) is 3.45. The Labute approximate surface area is 219 Å². The lowest BCUT2D eigenvalue weighted by Crippen LogP contribution is -2.45. The quantitative estimate of drug-likeness (QED) is 0.252. The maximum Gasteiger partial charge on any atom is 0.0550 e. The van der Waals surface area contributed by atoms with Crippen molar-refractivity contribution < 1.29 is 0 Å². The molecule has 0 aliphatic heterocycles. The molecule has 0 saturated heterocycles. The molecule has 188 valence electrons. The van der Waals surface area contributed by atoms with Gasteiger partial charge in [-0.25, -0.2) is 0 Å². The SMILES string of the molecule is CC1CC2C(c3c4ccccc4cc4ccccc34)=CC=CC2C1[Si](C)(C)C1C(C)C(C)C(C)C1C. The van der Waals surface area contributed by atoms with Gasteiger partial charge in [0.2, 0.25) is 0 Å². The molecule has 0 aromatic heterocycles. The zero-order valence-corrected chi connectivity index (χ0v) is 24.3. The standard InChI is InChI=1S/C35H44Si/c1-21-19-32-30(33-28-15-10-8-13-26(28)20-27-14-9-11-16-29(27)33)17-12-18-31(32)34(21)36(6,7)35-24(4)22(2)23(3)25(35)5/h8-18,20-25,31-32,34-35H,19H2,1-7H3. The van der Waals surface area contributed by atoms with E-state index in [4.69, 9.17) is 0 Å². The van der Waals surface area contributed by atoms with Crippen molar-refractivity contribution in [3.05, 3.63) is 78.4 Å². The van der Waals surface area contributed by atoms with E-state index in [1.165, 1.54) is 33.5 Å². The Morgan fingerprint density at radius 3 is 1.83 bits per heavy atom. The molecule has 36 heavy (non-hydrogen) atoms. The van der Waals surface area contributed by atoms with Crippen LogP contribution in [0.5, 0.6) is 0 Å². The van der Waals surface area contributed by atoms with Crippen LogP contribution in [0.15, 0.2) is 72.8 Å². The van der Waals surface area contributed by atoms with Gasteiger partial charge in [-0.05, 0) is 97.7 Å². The fourth-order valence-electron chi connectivity index (χ4n) is 9.82. The minimum atomic E-state index is -1.53. The molecule has 1 heteroatoms. The van der Waals surface area contributed by atoms with E-state index in [-0.39, 0.29) is 0 Å². The summed E-state index contributed by atoms with van der Waals surface area (Å²) in [5, 5.41) is 5.58. The number of hydrogen-bond donors (Lipinski definition) is 0. The Kier molecular flexibility index (Phi) is 5.87. The third-order valence-electron chi connectivity index (χ3n) is 11.5. The zero-order chi connectivity index (χ0) is 25.4. The molecular weight excluding hydrogens is 448 g/mol. The minimum Gasteiger partial charge on any atom is -0.0808 e. The molecule has 2 saturated carbocycles. The van der Waals surface area contributed by atoms with Crippen LogP contribution in [-0.4, -0.2) is 8.07 Å². The lowest BCUT2D eigenvalue weighted by molar-refractivity contribution is 0.352. The molecule has 0 N–H and O–H groups in total. The van der Waals surface area contributed by atoms with E-state index in [9.17, 15) is 0 Å². The number of fused-ring (bicyclic) bond motifs is 3. The highest BCUT2D eigenvalue weighted by Gasteiger charge is 2.57. The van der Waals surface area contributed by atoms with Gasteiger partial charge >= 0.3 is 0 Å². The summed E-state index contributed by atoms with van der Waals surface area (Å²) < 4.78 is 0. The second-order valence-electron chi connectivity index (χ2n) is 13.4. The zero-order valence-electron chi connectivity index (χ0n) is 23.3. The summed E-state index contributed by atoms with van der Waals surface area (Å²) >= 11 is 0.